The van der Waals surface area contributed by atoms with E-state index in [2.05, 4.69) is 0 Å². The van der Waals surface area contributed by atoms with Gasteiger partial charge in [0.25, 0.3) is 0 Å². The maximum absolute atomic E-state index is 12.8. The number of benzene rings is 2. The number of nitrogens with two attached hydrogens (primary N) is 1. The van der Waals surface area contributed by atoms with Crippen LogP contribution in [-0.4, -0.2) is 7.11 Å². The number of fused-ring (bicyclic) bond motifs is 1. The van der Waals surface area contributed by atoms with Gasteiger partial charge in [-0.25, -0.2) is 0 Å². The first-order chi connectivity index (χ1) is 7.93. The molecule has 2 aromatic rings. The van der Waals surface area contributed by atoms with Crippen molar-refractivity contribution >= 4 is 16.5 Å². The van der Waals surface area contributed by atoms with Crippen molar-refractivity contribution in [2.45, 2.75) is 6.18 Å². The average molecular weight is 241 g/mol. The summed E-state index contributed by atoms with van der Waals surface area (Å²) in [4.78, 5) is 0. The van der Waals surface area contributed by atoms with Crippen LogP contribution in [0, 0.1) is 0 Å². The van der Waals surface area contributed by atoms with Crippen LogP contribution in [0.2, 0.25) is 0 Å². The summed E-state index contributed by atoms with van der Waals surface area (Å²) < 4.78 is 43.5. The van der Waals surface area contributed by atoms with Crippen LogP contribution in [0.15, 0.2) is 30.3 Å². The van der Waals surface area contributed by atoms with Gasteiger partial charge in [-0.1, -0.05) is 12.1 Å². The third kappa shape index (κ3) is 2.00. The van der Waals surface area contributed by atoms with Crippen molar-refractivity contribution in [2.75, 3.05) is 12.8 Å². The van der Waals surface area contributed by atoms with Gasteiger partial charge in [0.05, 0.1) is 12.7 Å². The Morgan fingerprint density at radius 2 is 1.88 bits per heavy atom. The van der Waals surface area contributed by atoms with Gasteiger partial charge in [-0.2, -0.15) is 13.2 Å². The molecule has 0 saturated carbocycles. The minimum atomic E-state index is -4.41. The van der Waals surface area contributed by atoms with E-state index < -0.39 is 11.7 Å². The summed E-state index contributed by atoms with van der Waals surface area (Å²) in [5.41, 5.74) is 5.25. The van der Waals surface area contributed by atoms with Crippen LogP contribution in [0.5, 0.6) is 5.75 Å². The van der Waals surface area contributed by atoms with Gasteiger partial charge in [0.2, 0.25) is 0 Å². The molecule has 2 rings (SSSR count). The molecule has 0 aliphatic carbocycles. The molecule has 2 aromatic carbocycles. The molecule has 0 radical (unpaired) electrons. The van der Waals surface area contributed by atoms with Gasteiger partial charge >= 0.3 is 6.18 Å². The van der Waals surface area contributed by atoms with Gasteiger partial charge in [0.1, 0.15) is 5.75 Å². The van der Waals surface area contributed by atoms with Crippen LogP contribution in [0.3, 0.4) is 0 Å². The normalized spacial score (nSPS) is 11.8. The summed E-state index contributed by atoms with van der Waals surface area (Å²) >= 11 is 0. The Labute approximate surface area is 95.8 Å². The predicted octanol–water partition coefficient (Wildman–Crippen LogP) is 3.45. The molecule has 90 valence electrons. The van der Waals surface area contributed by atoms with Crippen LogP contribution < -0.4 is 10.5 Å². The van der Waals surface area contributed by atoms with E-state index in [1.807, 2.05) is 0 Å². The molecule has 0 fully saturated rings. The molecule has 2 N–H and O–H groups in total. The van der Waals surface area contributed by atoms with Gasteiger partial charge < -0.3 is 10.5 Å². The quantitative estimate of drug-likeness (QED) is 0.776. The molecule has 0 atom stereocenters. The largest absolute Gasteiger partial charge is 0.496 e. The molecule has 17 heavy (non-hydrogen) atoms. The van der Waals surface area contributed by atoms with Gasteiger partial charge in [-0.3, -0.25) is 0 Å². The standard InChI is InChI=1S/C12H10F3NO/c1-17-10-6-8(16)5-7-3-2-4-9(11(7)10)12(13,14)15/h2-6H,16H2,1H3. The highest BCUT2D eigenvalue weighted by Crippen LogP contribution is 2.39. The Bertz CT molecular complexity index is 563. The number of hydrogen-bond donors (Lipinski definition) is 1. The second-order valence-electron chi connectivity index (χ2n) is 3.62. The highest BCUT2D eigenvalue weighted by atomic mass is 19.4. The van der Waals surface area contributed by atoms with E-state index in [0.29, 0.717) is 11.1 Å². The van der Waals surface area contributed by atoms with E-state index >= 15 is 0 Å². The second kappa shape index (κ2) is 3.84. The van der Waals surface area contributed by atoms with Gasteiger partial charge in [0, 0.05) is 17.1 Å². The number of hydrogen-bond acceptors (Lipinski definition) is 2. The topological polar surface area (TPSA) is 35.2 Å². The first-order valence-electron chi connectivity index (χ1n) is 4.87. The summed E-state index contributed by atoms with van der Waals surface area (Å²) in [5, 5.41) is 0.452. The first kappa shape index (κ1) is 11.6. The molecule has 0 amide bonds. The lowest BCUT2D eigenvalue weighted by atomic mass is 10.0. The molecule has 5 heteroatoms. The minimum Gasteiger partial charge on any atom is -0.496 e. The van der Waals surface area contributed by atoms with Crippen LogP contribution >= 0.6 is 0 Å². The third-order valence-electron chi connectivity index (χ3n) is 2.49. The zero-order valence-electron chi connectivity index (χ0n) is 9.01. The van der Waals surface area contributed by atoms with Crippen molar-refractivity contribution in [1.29, 1.82) is 0 Å². The maximum Gasteiger partial charge on any atom is 0.417 e. The number of halogens is 3. The number of rotatable bonds is 1. The zero-order valence-corrected chi connectivity index (χ0v) is 9.01. The SMILES string of the molecule is COc1cc(N)cc2cccc(C(F)(F)F)c12. The molecule has 0 spiro atoms. The Kier molecular flexibility index (Phi) is 2.61. The van der Waals surface area contributed by atoms with E-state index in [0.717, 1.165) is 6.07 Å². The molecule has 2 nitrogen and oxygen atoms in total. The molecule has 0 heterocycles. The second-order valence-corrected chi connectivity index (χ2v) is 3.62. The highest BCUT2D eigenvalue weighted by Gasteiger charge is 2.33. The van der Waals surface area contributed by atoms with E-state index in [4.69, 9.17) is 10.5 Å². The summed E-state index contributed by atoms with van der Waals surface area (Å²) in [7, 11) is 1.32. The number of alkyl halides is 3. The fraction of sp³-hybridized carbons (Fsp3) is 0.167. The lowest BCUT2D eigenvalue weighted by Gasteiger charge is -2.13. The fourth-order valence-electron chi connectivity index (χ4n) is 1.81. The molecule has 0 aromatic heterocycles. The van der Waals surface area contributed by atoms with E-state index in [1.165, 1.54) is 25.3 Å². The Morgan fingerprint density at radius 1 is 1.18 bits per heavy atom. The van der Waals surface area contributed by atoms with Crippen molar-refractivity contribution in [3.05, 3.63) is 35.9 Å². The maximum atomic E-state index is 12.8. The summed E-state index contributed by atoms with van der Waals surface area (Å²) in [5.74, 6) is 0.132. The van der Waals surface area contributed by atoms with E-state index in [-0.39, 0.29) is 11.1 Å². The Morgan fingerprint density at radius 3 is 2.47 bits per heavy atom. The zero-order chi connectivity index (χ0) is 12.6. The van der Waals surface area contributed by atoms with Crippen LogP contribution in [0.25, 0.3) is 10.8 Å². The third-order valence-corrected chi connectivity index (χ3v) is 2.49. The van der Waals surface area contributed by atoms with Crippen LogP contribution in [-0.2, 0) is 6.18 Å². The van der Waals surface area contributed by atoms with E-state index in [1.54, 1.807) is 6.07 Å². The number of anilines is 1. The first-order valence-corrected chi connectivity index (χ1v) is 4.87. The van der Waals surface area contributed by atoms with Gasteiger partial charge in [-0.05, 0) is 17.5 Å². The minimum absolute atomic E-state index is 0.0386. The smallest absolute Gasteiger partial charge is 0.417 e. The van der Waals surface area contributed by atoms with Gasteiger partial charge in [-0.15, -0.1) is 0 Å². The molecular weight excluding hydrogens is 231 g/mol. The van der Waals surface area contributed by atoms with Gasteiger partial charge in [0.15, 0.2) is 0 Å². The van der Waals surface area contributed by atoms with Crippen molar-refractivity contribution in [1.82, 2.24) is 0 Å². The molecule has 0 unspecified atom stereocenters. The van der Waals surface area contributed by atoms with Crippen molar-refractivity contribution in [3.8, 4) is 5.75 Å². The molecular formula is C12H10F3NO. The van der Waals surface area contributed by atoms with Crippen molar-refractivity contribution in [2.24, 2.45) is 0 Å². The number of nitrogen functional groups attached to an aromatic ring is 1. The molecule has 0 saturated heterocycles. The fourth-order valence-corrected chi connectivity index (χ4v) is 1.81. The van der Waals surface area contributed by atoms with E-state index in [9.17, 15) is 13.2 Å². The molecule has 0 bridgehead atoms. The Balaban J connectivity index is 2.87. The summed E-state index contributed by atoms with van der Waals surface area (Å²) in [6.07, 6.45) is -4.41. The Hall–Kier alpha value is -1.91. The lowest BCUT2D eigenvalue weighted by Crippen LogP contribution is -2.06. The monoisotopic (exact) mass is 241 g/mol. The highest BCUT2D eigenvalue weighted by molar-refractivity contribution is 5.94. The van der Waals surface area contributed by atoms with Crippen LogP contribution in [0.1, 0.15) is 5.56 Å². The summed E-state index contributed by atoms with van der Waals surface area (Å²) in [6.45, 7) is 0. The average Bonchev–Trinajstić information content (AvgIpc) is 2.25. The number of methoxy groups -OCH3 is 1. The van der Waals surface area contributed by atoms with Crippen LogP contribution in [0.4, 0.5) is 18.9 Å². The lowest BCUT2D eigenvalue weighted by molar-refractivity contribution is -0.136. The summed E-state index contributed by atoms with van der Waals surface area (Å²) in [6, 6.07) is 6.83. The predicted molar refractivity (Wildman–Crippen MR) is 59.9 cm³/mol. The van der Waals surface area contributed by atoms with Crippen molar-refractivity contribution < 1.29 is 17.9 Å². The van der Waals surface area contributed by atoms with Crippen molar-refractivity contribution in [3.63, 3.8) is 0 Å². The number of ether oxygens (including phenoxy) is 1. The molecule has 0 aliphatic heterocycles. The molecule has 0 aliphatic rings.